The molecule has 0 saturated heterocycles. The van der Waals surface area contributed by atoms with Crippen LogP contribution in [0.1, 0.15) is 15.2 Å². The monoisotopic (exact) mass is 519 g/mol. The number of rotatable bonds is 5. The van der Waals surface area contributed by atoms with Crippen LogP contribution in [0.15, 0.2) is 60.8 Å². The zero-order valence-electron chi connectivity index (χ0n) is 17.8. The van der Waals surface area contributed by atoms with Crippen LogP contribution in [0, 0.1) is 27.3 Å². The molecule has 36 heavy (non-hydrogen) atoms. The van der Waals surface area contributed by atoms with Crippen LogP contribution in [0.5, 0.6) is 0 Å². The molecule has 0 aliphatic rings. The van der Waals surface area contributed by atoms with Crippen LogP contribution in [0.25, 0.3) is 28.1 Å². The number of benzene rings is 2. The number of aromatic nitrogens is 4. The van der Waals surface area contributed by atoms with Gasteiger partial charge in [-0.1, -0.05) is 29.0 Å². The molecule has 0 unspecified atom stereocenters. The third-order valence-corrected chi connectivity index (χ3v) is 6.42. The van der Waals surface area contributed by atoms with Crippen LogP contribution in [-0.4, -0.2) is 30.6 Å². The first-order valence-corrected chi connectivity index (χ1v) is 11.3. The second-order valence-corrected chi connectivity index (χ2v) is 8.79. The number of nitro groups is 1. The van der Waals surface area contributed by atoms with E-state index in [1.807, 2.05) is 6.07 Å². The number of nitrogens with zero attached hydrogens (tertiary/aromatic N) is 6. The summed E-state index contributed by atoms with van der Waals surface area (Å²) in [6.45, 7) is 0. The zero-order valence-corrected chi connectivity index (χ0v) is 19.4. The van der Waals surface area contributed by atoms with E-state index >= 15 is 0 Å². The summed E-state index contributed by atoms with van der Waals surface area (Å²) in [4.78, 5) is 32.4. The Kier molecular flexibility index (Phi) is 5.85. The van der Waals surface area contributed by atoms with Gasteiger partial charge in [0.15, 0.2) is 11.5 Å². The zero-order chi connectivity index (χ0) is 25.4. The van der Waals surface area contributed by atoms with Gasteiger partial charge in [0, 0.05) is 11.6 Å². The van der Waals surface area contributed by atoms with Crippen LogP contribution in [0.2, 0.25) is 5.02 Å². The van der Waals surface area contributed by atoms with Crippen LogP contribution < -0.4 is 5.32 Å². The lowest BCUT2D eigenvalue weighted by molar-refractivity contribution is -0.380. The van der Waals surface area contributed by atoms with Gasteiger partial charge < -0.3 is 5.32 Å². The molecule has 0 saturated carbocycles. The molecule has 0 bridgehead atoms. The molecule has 10 nitrogen and oxygen atoms in total. The van der Waals surface area contributed by atoms with Crippen LogP contribution >= 0.6 is 22.9 Å². The highest BCUT2D eigenvalue weighted by Gasteiger charge is 2.20. The van der Waals surface area contributed by atoms with E-state index in [4.69, 9.17) is 11.6 Å². The van der Waals surface area contributed by atoms with E-state index < -0.39 is 16.6 Å². The van der Waals surface area contributed by atoms with Gasteiger partial charge in [0.05, 0.1) is 37.7 Å². The minimum Gasteiger partial charge on any atom is -0.305 e. The lowest BCUT2D eigenvalue weighted by atomic mass is 10.1. The van der Waals surface area contributed by atoms with Crippen molar-refractivity contribution in [2.45, 2.75) is 0 Å². The molecule has 176 valence electrons. The van der Waals surface area contributed by atoms with Gasteiger partial charge in [-0.05, 0) is 42.5 Å². The fraction of sp³-hybridized carbons (Fsp3) is 0. The SMILES string of the molecule is N#Cc1cc(-c2nc(NC(=O)c3ccc([N+](=O)[O-])s3)c3cnn(-c4cccc(F)c4)c3n2)ccc1Cl. The van der Waals surface area contributed by atoms with Gasteiger partial charge in [0.25, 0.3) is 5.91 Å². The maximum atomic E-state index is 13.9. The van der Waals surface area contributed by atoms with Crippen LogP contribution in [0.3, 0.4) is 0 Å². The molecule has 5 rings (SSSR count). The van der Waals surface area contributed by atoms with Crippen molar-refractivity contribution in [3.05, 3.63) is 92.2 Å². The van der Waals surface area contributed by atoms with Crippen molar-refractivity contribution >= 4 is 50.7 Å². The Bertz CT molecular complexity index is 1730. The fourth-order valence-corrected chi connectivity index (χ4v) is 4.27. The largest absolute Gasteiger partial charge is 0.324 e. The minimum absolute atomic E-state index is 0.0761. The molecular weight excluding hydrogens is 509 g/mol. The van der Waals surface area contributed by atoms with Crippen molar-refractivity contribution in [1.82, 2.24) is 19.7 Å². The van der Waals surface area contributed by atoms with Gasteiger partial charge >= 0.3 is 5.00 Å². The highest BCUT2D eigenvalue weighted by Crippen LogP contribution is 2.30. The van der Waals surface area contributed by atoms with Crippen molar-refractivity contribution < 1.29 is 14.1 Å². The lowest BCUT2D eigenvalue weighted by Gasteiger charge is -2.09. The number of carbonyl (C=O) groups is 1. The van der Waals surface area contributed by atoms with E-state index in [-0.39, 0.29) is 37.8 Å². The summed E-state index contributed by atoms with van der Waals surface area (Å²) < 4.78 is 15.3. The summed E-state index contributed by atoms with van der Waals surface area (Å²) >= 11 is 6.77. The number of halogens is 2. The molecule has 0 spiro atoms. The molecule has 0 aliphatic heterocycles. The van der Waals surface area contributed by atoms with E-state index in [1.54, 1.807) is 12.1 Å². The first kappa shape index (κ1) is 23.0. The quantitative estimate of drug-likeness (QED) is 0.243. The number of nitriles is 1. The van der Waals surface area contributed by atoms with Gasteiger partial charge in [-0.2, -0.15) is 10.4 Å². The molecule has 13 heteroatoms. The molecule has 0 atom stereocenters. The Morgan fingerprint density at radius 1 is 1.19 bits per heavy atom. The summed E-state index contributed by atoms with van der Waals surface area (Å²) in [5.41, 5.74) is 1.28. The Morgan fingerprint density at radius 2 is 2.03 bits per heavy atom. The second kappa shape index (κ2) is 9.14. The predicted molar refractivity (Wildman–Crippen MR) is 131 cm³/mol. The predicted octanol–water partition coefficient (Wildman–Crippen LogP) is 5.37. The van der Waals surface area contributed by atoms with E-state index in [0.29, 0.717) is 28.0 Å². The standard InChI is InChI=1S/C23H11ClFN7O3S/c24-17-5-4-12(8-13(17)10-26)20-28-21(30-23(33)18-6-7-19(36-18)32(34)35)16-11-27-31(22(16)29-20)15-3-1-2-14(25)9-15/h1-9,11H,(H,28,29,30,33). The number of nitrogens with one attached hydrogen (secondary N) is 1. The maximum Gasteiger partial charge on any atom is 0.324 e. The summed E-state index contributed by atoms with van der Waals surface area (Å²) in [7, 11) is 0. The molecular formula is C23H11ClFN7O3S. The Hall–Kier alpha value is -4.73. The Labute approximate surface area is 210 Å². The highest BCUT2D eigenvalue weighted by molar-refractivity contribution is 7.17. The molecule has 0 fully saturated rings. The van der Waals surface area contributed by atoms with Gasteiger partial charge in [-0.3, -0.25) is 14.9 Å². The summed E-state index contributed by atoms with van der Waals surface area (Å²) in [6.07, 6.45) is 1.42. The van der Waals surface area contributed by atoms with Gasteiger partial charge in [-0.25, -0.2) is 19.0 Å². The highest BCUT2D eigenvalue weighted by atomic mass is 35.5. The molecule has 2 aromatic carbocycles. The van der Waals surface area contributed by atoms with Crippen molar-refractivity contribution in [3.8, 4) is 23.1 Å². The third kappa shape index (κ3) is 4.24. The number of hydrogen-bond donors (Lipinski definition) is 1. The Morgan fingerprint density at radius 3 is 2.75 bits per heavy atom. The third-order valence-electron chi connectivity index (χ3n) is 5.05. The Balaban J connectivity index is 1.67. The molecule has 5 aromatic rings. The molecule has 0 aliphatic carbocycles. The number of amides is 1. The molecule has 1 amide bonds. The second-order valence-electron chi connectivity index (χ2n) is 7.32. The normalized spacial score (nSPS) is 10.8. The molecule has 3 aromatic heterocycles. The van der Waals surface area contributed by atoms with Gasteiger partial charge in [0.2, 0.25) is 0 Å². The summed E-state index contributed by atoms with van der Waals surface area (Å²) in [5.74, 6) is -0.880. The number of carbonyl (C=O) groups excluding carboxylic acids is 1. The smallest absolute Gasteiger partial charge is 0.305 e. The van der Waals surface area contributed by atoms with E-state index in [0.717, 1.165) is 0 Å². The van der Waals surface area contributed by atoms with Crippen LogP contribution in [-0.2, 0) is 0 Å². The summed E-state index contributed by atoms with van der Waals surface area (Å²) in [6, 6.07) is 14.9. The van der Waals surface area contributed by atoms with E-state index in [1.165, 1.54) is 53.3 Å². The first-order valence-electron chi connectivity index (χ1n) is 10.1. The molecule has 0 radical (unpaired) electrons. The number of anilines is 1. The van der Waals surface area contributed by atoms with Crippen molar-refractivity contribution in [3.63, 3.8) is 0 Å². The number of fused-ring (bicyclic) bond motifs is 1. The van der Waals surface area contributed by atoms with Gasteiger partial charge in [0.1, 0.15) is 17.7 Å². The number of thiophene rings is 1. The minimum atomic E-state index is -0.619. The van der Waals surface area contributed by atoms with Crippen LogP contribution in [0.4, 0.5) is 15.2 Å². The van der Waals surface area contributed by atoms with Crippen molar-refractivity contribution in [2.75, 3.05) is 5.32 Å². The topological polar surface area (TPSA) is 140 Å². The first-order chi connectivity index (χ1) is 17.3. The fourth-order valence-electron chi connectivity index (χ4n) is 3.40. The molecule has 1 N–H and O–H groups in total. The lowest BCUT2D eigenvalue weighted by Crippen LogP contribution is -2.12. The van der Waals surface area contributed by atoms with Crippen molar-refractivity contribution in [1.29, 1.82) is 5.26 Å². The van der Waals surface area contributed by atoms with Crippen molar-refractivity contribution in [2.24, 2.45) is 0 Å². The average Bonchev–Trinajstić information content (AvgIpc) is 3.52. The summed E-state index contributed by atoms with van der Waals surface area (Å²) in [5, 5.41) is 27.7. The van der Waals surface area contributed by atoms with E-state index in [9.17, 15) is 24.6 Å². The number of hydrogen-bond acceptors (Lipinski definition) is 8. The van der Waals surface area contributed by atoms with Gasteiger partial charge in [-0.15, -0.1) is 0 Å². The maximum absolute atomic E-state index is 13.9. The van der Waals surface area contributed by atoms with E-state index in [2.05, 4.69) is 20.4 Å². The average molecular weight is 520 g/mol. The molecule has 3 heterocycles.